The zero-order valence-electron chi connectivity index (χ0n) is 12.1. The van der Waals surface area contributed by atoms with Crippen molar-refractivity contribution in [2.45, 2.75) is 46.3 Å². The summed E-state index contributed by atoms with van der Waals surface area (Å²) in [5, 5.41) is 3.41. The van der Waals surface area contributed by atoms with Crippen LogP contribution in [0.15, 0.2) is 35.3 Å². The molecule has 0 aliphatic carbocycles. The first-order valence-corrected chi connectivity index (χ1v) is 6.58. The van der Waals surface area contributed by atoms with Gasteiger partial charge in [0.05, 0.1) is 0 Å². The SMILES string of the molecule is CC(C)N=C(NC(C)C)N(C)Cc1ccccc1. The monoisotopic (exact) mass is 247 g/mol. The third-order valence-corrected chi connectivity index (χ3v) is 2.42. The molecule has 1 aromatic rings. The molecule has 3 heteroatoms. The second-order valence-electron chi connectivity index (χ2n) is 5.19. The van der Waals surface area contributed by atoms with E-state index in [0.717, 1.165) is 12.5 Å². The van der Waals surface area contributed by atoms with E-state index in [4.69, 9.17) is 0 Å². The zero-order valence-corrected chi connectivity index (χ0v) is 12.1. The Morgan fingerprint density at radius 2 is 1.78 bits per heavy atom. The topological polar surface area (TPSA) is 27.6 Å². The normalized spacial score (nSPS) is 12.1. The fourth-order valence-corrected chi connectivity index (χ4v) is 1.68. The Bertz CT molecular complexity index is 369. The van der Waals surface area contributed by atoms with E-state index in [9.17, 15) is 0 Å². The molecule has 0 radical (unpaired) electrons. The van der Waals surface area contributed by atoms with Gasteiger partial charge in [-0.1, -0.05) is 30.3 Å². The summed E-state index contributed by atoms with van der Waals surface area (Å²) in [5.74, 6) is 0.962. The molecule has 3 nitrogen and oxygen atoms in total. The van der Waals surface area contributed by atoms with Crippen molar-refractivity contribution >= 4 is 5.96 Å². The molecule has 1 aromatic carbocycles. The summed E-state index contributed by atoms with van der Waals surface area (Å²) in [4.78, 5) is 6.81. The van der Waals surface area contributed by atoms with Crippen LogP contribution in [0.4, 0.5) is 0 Å². The third-order valence-electron chi connectivity index (χ3n) is 2.42. The number of aliphatic imine (C=N–C) groups is 1. The molecule has 1 N–H and O–H groups in total. The molecule has 0 aromatic heterocycles. The lowest BCUT2D eigenvalue weighted by Gasteiger charge is -2.25. The van der Waals surface area contributed by atoms with E-state index in [2.05, 4.69) is 74.2 Å². The first kappa shape index (κ1) is 14.6. The highest BCUT2D eigenvalue weighted by Gasteiger charge is 2.09. The van der Waals surface area contributed by atoms with Gasteiger partial charge >= 0.3 is 0 Å². The predicted molar refractivity (Wildman–Crippen MR) is 78.8 cm³/mol. The van der Waals surface area contributed by atoms with Crippen LogP contribution in [0.3, 0.4) is 0 Å². The summed E-state index contributed by atoms with van der Waals surface area (Å²) in [5.41, 5.74) is 1.29. The molecule has 1 rings (SSSR count). The van der Waals surface area contributed by atoms with Crippen molar-refractivity contribution in [3.8, 4) is 0 Å². The van der Waals surface area contributed by atoms with Gasteiger partial charge in [0.25, 0.3) is 0 Å². The second kappa shape index (κ2) is 7.04. The van der Waals surface area contributed by atoms with Gasteiger partial charge in [0.1, 0.15) is 0 Å². The van der Waals surface area contributed by atoms with Crippen molar-refractivity contribution in [1.29, 1.82) is 0 Å². The maximum atomic E-state index is 4.64. The summed E-state index contributed by atoms with van der Waals surface area (Å²) < 4.78 is 0. The Hall–Kier alpha value is -1.51. The van der Waals surface area contributed by atoms with Crippen LogP contribution in [-0.4, -0.2) is 30.0 Å². The third kappa shape index (κ3) is 5.21. The molecule has 100 valence electrons. The van der Waals surface area contributed by atoms with Crippen molar-refractivity contribution in [1.82, 2.24) is 10.2 Å². The van der Waals surface area contributed by atoms with Gasteiger partial charge in [0.2, 0.25) is 0 Å². The number of guanidine groups is 1. The Morgan fingerprint density at radius 3 is 2.28 bits per heavy atom. The van der Waals surface area contributed by atoms with Crippen LogP contribution in [0.5, 0.6) is 0 Å². The van der Waals surface area contributed by atoms with Crippen molar-refractivity contribution in [3.63, 3.8) is 0 Å². The van der Waals surface area contributed by atoms with E-state index >= 15 is 0 Å². The number of hydrogen-bond donors (Lipinski definition) is 1. The fraction of sp³-hybridized carbons (Fsp3) is 0.533. The van der Waals surface area contributed by atoms with Crippen LogP contribution >= 0.6 is 0 Å². The van der Waals surface area contributed by atoms with Gasteiger partial charge in [0.15, 0.2) is 5.96 Å². The molecule has 0 aliphatic rings. The Morgan fingerprint density at radius 1 is 1.17 bits per heavy atom. The van der Waals surface area contributed by atoms with Crippen LogP contribution in [0.1, 0.15) is 33.3 Å². The molecule has 0 fully saturated rings. The summed E-state index contributed by atoms with van der Waals surface area (Å²) in [6.07, 6.45) is 0. The molecular weight excluding hydrogens is 222 g/mol. The predicted octanol–water partition coefficient (Wildman–Crippen LogP) is 2.88. The maximum absolute atomic E-state index is 4.64. The first-order valence-electron chi connectivity index (χ1n) is 6.58. The van der Waals surface area contributed by atoms with E-state index in [1.54, 1.807) is 0 Å². The van der Waals surface area contributed by atoms with Gasteiger partial charge in [-0.25, -0.2) is 0 Å². The molecule has 0 saturated carbocycles. The average Bonchev–Trinajstić information content (AvgIpc) is 2.28. The lowest BCUT2D eigenvalue weighted by molar-refractivity contribution is 0.463. The highest BCUT2D eigenvalue weighted by atomic mass is 15.3. The highest BCUT2D eigenvalue weighted by Crippen LogP contribution is 2.04. The number of benzene rings is 1. The van der Waals surface area contributed by atoms with Crippen molar-refractivity contribution < 1.29 is 0 Å². The summed E-state index contributed by atoms with van der Waals surface area (Å²) >= 11 is 0. The average molecular weight is 247 g/mol. The molecule has 0 bridgehead atoms. The van der Waals surface area contributed by atoms with Crippen LogP contribution in [-0.2, 0) is 6.54 Å². The highest BCUT2D eigenvalue weighted by molar-refractivity contribution is 5.80. The molecule has 0 amide bonds. The van der Waals surface area contributed by atoms with E-state index in [1.165, 1.54) is 5.56 Å². The molecule has 0 spiro atoms. The first-order chi connectivity index (χ1) is 8.49. The van der Waals surface area contributed by atoms with Crippen LogP contribution in [0.2, 0.25) is 0 Å². The van der Waals surface area contributed by atoms with Gasteiger partial charge in [-0.3, -0.25) is 4.99 Å². The molecule has 0 unspecified atom stereocenters. The Balaban J connectivity index is 2.73. The van der Waals surface area contributed by atoms with Crippen LogP contribution < -0.4 is 5.32 Å². The van der Waals surface area contributed by atoms with Gasteiger partial charge in [0, 0.05) is 25.7 Å². The molecule has 0 saturated heterocycles. The summed E-state index contributed by atoms with van der Waals surface area (Å²) in [6.45, 7) is 9.32. The summed E-state index contributed by atoms with van der Waals surface area (Å²) in [6, 6.07) is 11.1. The Kier molecular flexibility index (Phi) is 5.69. The van der Waals surface area contributed by atoms with Gasteiger partial charge in [-0.15, -0.1) is 0 Å². The van der Waals surface area contributed by atoms with E-state index in [1.807, 2.05) is 6.07 Å². The van der Waals surface area contributed by atoms with E-state index in [0.29, 0.717) is 12.1 Å². The molecule has 0 atom stereocenters. The molecule has 0 heterocycles. The van der Waals surface area contributed by atoms with Gasteiger partial charge in [-0.05, 0) is 33.3 Å². The standard InChI is InChI=1S/C15H25N3/c1-12(2)16-15(17-13(3)4)18(5)11-14-9-7-6-8-10-14/h6-10,12-13H,11H2,1-5H3,(H,16,17). The van der Waals surface area contributed by atoms with Crippen LogP contribution in [0, 0.1) is 0 Å². The minimum Gasteiger partial charge on any atom is -0.354 e. The molecule has 0 aliphatic heterocycles. The zero-order chi connectivity index (χ0) is 13.5. The lowest BCUT2D eigenvalue weighted by atomic mass is 10.2. The van der Waals surface area contributed by atoms with E-state index < -0.39 is 0 Å². The number of nitrogens with zero attached hydrogens (tertiary/aromatic N) is 2. The number of hydrogen-bond acceptors (Lipinski definition) is 1. The van der Waals surface area contributed by atoms with Crippen molar-refractivity contribution in [2.75, 3.05) is 7.05 Å². The second-order valence-corrected chi connectivity index (χ2v) is 5.19. The molecular formula is C15H25N3. The lowest BCUT2D eigenvalue weighted by Crippen LogP contribution is -2.42. The van der Waals surface area contributed by atoms with Gasteiger partial charge in [-0.2, -0.15) is 0 Å². The minimum absolute atomic E-state index is 0.296. The Labute approximate surface area is 111 Å². The minimum atomic E-state index is 0.296. The van der Waals surface area contributed by atoms with Gasteiger partial charge < -0.3 is 10.2 Å². The maximum Gasteiger partial charge on any atom is 0.194 e. The largest absolute Gasteiger partial charge is 0.354 e. The fourth-order valence-electron chi connectivity index (χ4n) is 1.68. The van der Waals surface area contributed by atoms with E-state index in [-0.39, 0.29) is 0 Å². The smallest absolute Gasteiger partial charge is 0.194 e. The number of nitrogens with one attached hydrogen (secondary N) is 1. The number of rotatable bonds is 4. The van der Waals surface area contributed by atoms with Crippen molar-refractivity contribution in [2.24, 2.45) is 4.99 Å². The summed E-state index contributed by atoms with van der Waals surface area (Å²) in [7, 11) is 2.07. The van der Waals surface area contributed by atoms with Crippen LogP contribution in [0.25, 0.3) is 0 Å². The molecule has 18 heavy (non-hydrogen) atoms. The van der Waals surface area contributed by atoms with Crippen molar-refractivity contribution in [3.05, 3.63) is 35.9 Å². The quantitative estimate of drug-likeness (QED) is 0.654.